The second kappa shape index (κ2) is 11.7. The largest absolute Gasteiger partial charge is 0.457 e. The van der Waals surface area contributed by atoms with E-state index in [1.54, 1.807) is 0 Å². The van der Waals surface area contributed by atoms with Crippen LogP contribution in [0.4, 0.5) is 0 Å². The third kappa shape index (κ3) is 5.10. The van der Waals surface area contributed by atoms with Gasteiger partial charge in [-0.05, 0) is 103 Å². The number of aliphatic hydroxyl groups is 2. The summed E-state index contributed by atoms with van der Waals surface area (Å²) < 4.78 is 13.5. The average molecular weight is 599 g/mol. The molecular formula is C42H30O4. The Balaban J connectivity index is 1.31. The van der Waals surface area contributed by atoms with Crippen molar-refractivity contribution in [1.82, 2.24) is 0 Å². The highest BCUT2D eigenvalue weighted by atomic mass is 16.5. The number of rotatable bonds is 7. The molecule has 4 nitrogen and oxygen atoms in total. The maximum Gasteiger partial charge on any atom is 0.136 e. The number of hydrogen-bond donors (Lipinski definition) is 2. The minimum Gasteiger partial charge on any atom is -0.457 e. The first-order valence-electron chi connectivity index (χ1n) is 15.3. The van der Waals surface area contributed by atoms with Crippen molar-refractivity contribution in [3.05, 3.63) is 157 Å². The molecule has 0 fully saturated rings. The van der Waals surface area contributed by atoms with Gasteiger partial charge in [0.15, 0.2) is 0 Å². The van der Waals surface area contributed by atoms with Crippen molar-refractivity contribution < 1.29 is 19.7 Å². The molecule has 0 saturated heterocycles. The zero-order chi connectivity index (χ0) is 31.0. The van der Waals surface area contributed by atoms with Crippen LogP contribution in [0.1, 0.15) is 11.1 Å². The van der Waals surface area contributed by atoms with Gasteiger partial charge in [0.2, 0.25) is 0 Å². The molecule has 0 spiro atoms. The molecule has 0 bridgehead atoms. The molecule has 46 heavy (non-hydrogen) atoms. The Hall–Kier alpha value is -5.68. The molecule has 0 aliphatic heterocycles. The Morgan fingerprint density at radius 2 is 0.761 bits per heavy atom. The van der Waals surface area contributed by atoms with Crippen LogP contribution in [0.5, 0.6) is 23.0 Å². The second-order valence-electron chi connectivity index (χ2n) is 11.5. The number of aliphatic hydroxyl groups excluding tert-OH is 2. The van der Waals surface area contributed by atoms with Gasteiger partial charge in [-0.3, -0.25) is 0 Å². The van der Waals surface area contributed by atoms with Gasteiger partial charge in [-0.15, -0.1) is 0 Å². The minimum absolute atomic E-state index is 0.00786. The van der Waals surface area contributed by atoms with E-state index >= 15 is 0 Å². The smallest absolute Gasteiger partial charge is 0.136 e. The van der Waals surface area contributed by atoms with Gasteiger partial charge in [0.1, 0.15) is 23.0 Å². The molecule has 0 heterocycles. The monoisotopic (exact) mass is 598 g/mol. The molecule has 2 N–H and O–H groups in total. The standard InChI is InChI=1S/C42H30O4/c43-25-27-9-11-33-23-35(17-13-31(33)21-27)45-39-19-15-29-5-1-3-7-37(29)41(39)42-38-8-4-2-6-30(38)16-20-40(42)46-36-18-14-32-22-28(26-44)10-12-34(32)24-36/h1-24,43-44H,25-26H2. The fraction of sp³-hybridized carbons (Fsp3) is 0.0476. The van der Waals surface area contributed by atoms with E-state index in [-0.39, 0.29) is 13.2 Å². The fourth-order valence-corrected chi connectivity index (χ4v) is 6.31. The van der Waals surface area contributed by atoms with E-state index < -0.39 is 0 Å². The topological polar surface area (TPSA) is 58.9 Å². The first-order chi connectivity index (χ1) is 22.7. The van der Waals surface area contributed by atoms with Crippen LogP contribution in [-0.2, 0) is 13.2 Å². The Labute approximate surface area is 266 Å². The maximum absolute atomic E-state index is 9.59. The van der Waals surface area contributed by atoms with Gasteiger partial charge >= 0.3 is 0 Å². The highest BCUT2D eigenvalue weighted by Gasteiger charge is 2.20. The maximum atomic E-state index is 9.59. The predicted octanol–water partition coefficient (Wildman–Crippen LogP) is 10.5. The van der Waals surface area contributed by atoms with Gasteiger partial charge in [-0.25, -0.2) is 0 Å². The summed E-state index contributed by atoms with van der Waals surface area (Å²) in [6.07, 6.45) is 0. The number of ether oxygens (including phenoxy) is 2. The zero-order valence-electron chi connectivity index (χ0n) is 25.0. The third-order valence-electron chi connectivity index (χ3n) is 8.60. The van der Waals surface area contributed by atoms with E-state index in [2.05, 4.69) is 60.7 Å². The molecule has 4 heteroatoms. The highest BCUT2D eigenvalue weighted by molar-refractivity contribution is 6.10. The lowest BCUT2D eigenvalue weighted by atomic mass is 9.92. The summed E-state index contributed by atoms with van der Waals surface area (Å²) in [5, 5.41) is 27.7. The minimum atomic E-state index is 0.00786. The van der Waals surface area contributed by atoms with Crippen LogP contribution in [0.2, 0.25) is 0 Å². The molecule has 8 rings (SSSR count). The van der Waals surface area contributed by atoms with E-state index in [1.165, 1.54) is 0 Å². The summed E-state index contributed by atoms with van der Waals surface area (Å²) in [6, 6.07) is 49.0. The summed E-state index contributed by atoms with van der Waals surface area (Å²) >= 11 is 0. The molecule has 0 atom stereocenters. The fourth-order valence-electron chi connectivity index (χ4n) is 6.31. The average Bonchev–Trinajstić information content (AvgIpc) is 3.11. The van der Waals surface area contributed by atoms with Crippen molar-refractivity contribution >= 4 is 43.1 Å². The van der Waals surface area contributed by atoms with Crippen LogP contribution >= 0.6 is 0 Å². The number of fused-ring (bicyclic) bond motifs is 4. The lowest BCUT2D eigenvalue weighted by molar-refractivity contribution is 0.282. The van der Waals surface area contributed by atoms with Gasteiger partial charge in [-0.1, -0.05) is 97.1 Å². The van der Waals surface area contributed by atoms with Crippen LogP contribution in [0.25, 0.3) is 54.2 Å². The van der Waals surface area contributed by atoms with Crippen molar-refractivity contribution in [2.45, 2.75) is 13.2 Å². The van der Waals surface area contributed by atoms with E-state index in [9.17, 15) is 10.2 Å². The molecule has 8 aromatic rings. The van der Waals surface area contributed by atoms with Gasteiger partial charge in [0.25, 0.3) is 0 Å². The van der Waals surface area contributed by atoms with Crippen LogP contribution in [0.3, 0.4) is 0 Å². The Kier molecular flexibility index (Phi) is 7.07. The van der Waals surface area contributed by atoms with Crippen molar-refractivity contribution in [3.63, 3.8) is 0 Å². The summed E-state index contributed by atoms with van der Waals surface area (Å²) in [7, 11) is 0. The SMILES string of the molecule is OCc1ccc2cc(Oc3ccc4ccccc4c3-c3c(Oc4ccc5cc(CO)ccc5c4)ccc4ccccc34)ccc2c1. The normalized spacial score (nSPS) is 11.4. The Morgan fingerprint density at radius 1 is 0.370 bits per heavy atom. The quantitative estimate of drug-likeness (QED) is 0.192. The van der Waals surface area contributed by atoms with Crippen LogP contribution < -0.4 is 9.47 Å². The van der Waals surface area contributed by atoms with Crippen LogP contribution in [-0.4, -0.2) is 10.2 Å². The van der Waals surface area contributed by atoms with Gasteiger partial charge < -0.3 is 19.7 Å². The van der Waals surface area contributed by atoms with Gasteiger partial charge in [0.05, 0.1) is 13.2 Å². The van der Waals surface area contributed by atoms with Gasteiger partial charge in [0, 0.05) is 11.1 Å². The lowest BCUT2D eigenvalue weighted by Gasteiger charge is -2.20. The summed E-state index contributed by atoms with van der Waals surface area (Å²) in [6.45, 7) is 0.0157. The predicted molar refractivity (Wildman–Crippen MR) is 187 cm³/mol. The van der Waals surface area contributed by atoms with E-state index in [4.69, 9.17) is 9.47 Å². The summed E-state index contributed by atoms with van der Waals surface area (Å²) in [5.74, 6) is 2.89. The Bertz CT molecular complexity index is 2240. The Morgan fingerprint density at radius 3 is 1.22 bits per heavy atom. The van der Waals surface area contributed by atoms with Crippen LogP contribution in [0.15, 0.2) is 146 Å². The molecule has 0 aromatic heterocycles. The molecule has 222 valence electrons. The zero-order valence-corrected chi connectivity index (χ0v) is 25.0. The molecule has 0 radical (unpaired) electrons. The second-order valence-corrected chi connectivity index (χ2v) is 11.5. The molecule has 0 unspecified atom stereocenters. The van der Waals surface area contributed by atoms with E-state index in [1.807, 2.05) is 84.9 Å². The van der Waals surface area contributed by atoms with Crippen molar-refractivity contribution in [3.8, 4) is 34.1 Å². The lowest BCUT2D eigenvalue weighted by Crippen LogP contribution is -1.95. The molecule has 8 aromatic carbocycles. The van der Waals surface area contributed by atoms with Crippen LogP contribution in [0, 0.1) is 0 Å². The molecule has 0 amide bonds. The summed E-state index contributed by atoms with van der Waals surface area (Å²) in [4.78, 5) is 0. The summed E-state index contributed by atoms with van der Waals surface area (Å²) in [5.41, 5.74) is 3.66. The van der Waals surface area contributed by atoms with Crippen molar-refractivity contribution in [2.75, 3.05) is 0 Å². The molecule has 0 saturated carbocycles. The first kappa shape index (κ1) is 27.8. The van der Waals surface area contributed by atoms with E-state index in [0.717, 1.165) is 88.3 Å². The van der Waals surface area contributed by atoms with Crippen molar-refractivity contribution in [2.24, 2.45) is 0 Å². The highest BCUT2D eigenvalue weighted by Crippen LogP contribution is 2.47. The molecule has 0 aliphatic rings. The molecule has 0 aliphatic carbocycles. The van der Waals surface area contributed by atoms with E-state index in [0.29, 0.717) is 0 Å². The number of hydrogen-bond acceptors (Lipinski definition) is 4. The number of benzene rings is 8. The third-order valence-corrected chi connectivity index (χ3v) is 8.60. The molecular weight excluding hydrogens is 568 g/mol. The van der Waals surface area contributed by atoms with Crippen molar-refractivity contribution in [1.29, 1.82) is 0 Å². The first-order valence-corrected chi connectivity index (χ1v) is 15.3. The van der Waals surface area contributed by atoms with Gasteiger partial charge in [-0.2, -0.15) is 0 Å².